The number of hydrogen-bond donors (Lipinski definition) is 0. The summed E-state index contributed by atoms with van der Waals surface area (Å²) in [6, 6.07) is 11.5. The Labute approximate surface area is 257 Å². The molecular formula is C32H31F3N6O4. The van der Waals surface area contributed by atoms with E-state index < -0.39 is 23.4 Å². The number of imidazole rings is 1. The molecule has 10 nitrogen and oxygen atoms in total. The molecule has 0 spiro atoms. The van der Waals surface area contributed by atoms with Crippen molar-refractivity contribution in [3.63, 3.8) is 0 Å². The standard InChI is InChI=1S/C32H31F3N6O4/c1-2-43-32(42)22-14-26(35)30-27(15-22)41(17-23-7-12-44-23)29(37-30)18-39-8-10-40(11-9-39)28-6-5-24(33)31(38-28)45-19-21-4-3-20(16-36)13-25(21)34/h3-6,13-15,23H,2,7-12,17-19H2,1H3/t23-/m0/s1. The molecule has 0 bridgehead atoms. The van der Waals surface area contributed by atoms with E-state index in [1.165, 1.54) is 18.2 Å². The molecule has 1 atom stereocenters. The number of halogens is 3. The second-order valence-electron chi connectivity index (χ2n) is 10.9. The molecule has 2 aliphatic heterocycles. The summed E-state index contributed by atoms with van der Waals surface area (Å²) in [4.78, 5) is 25.5. The molecule has 2 aliphatic rings. The van der Waals surface area contributed by atoms with Gasteiger partial charge >= 0.3 is 5.97 Å². The van der Waals surface area contributed by atoms with Gasteiger partial charge in [0, 0.05) is 38.3 Å². The van der Waals surface area contributed by atoms with Gasteiger partial charge < -0.3 is 23.7 Å². The van der Waals surface area contributed by atoms with E-state index in [4.69, 9.17) is 19.5 Å². The average molecular weight is 621 g/mol. The number of pyridine rings is 1. The number of piperazine rings is 1. The van der Waals surface area contributed by atoms with Crippen LogP contribution in [0.2, 0.25) is 0 Å². The molecule has 0 unspecified atom stereocenters. The van der Waals surface area contributed by atoms with Crippen molar-refractivity contribution in [1.82, 2.24) is 19.4 Å². The molecule has 45 heavy (non-hydrogen) atoms. The number of carbonyl (C=O) groups is 1. The predicted molar refractivity (Wildman–Crippen MR) is 157 cm³/mol. The third-order valence-corrected chi connectivity index (χ3v) is 7.98. The van der Waals surface area contributed by atoms with Crippen molar-refractivity contribution < 1.29 is 32.2 Å². The summed E-state index contributed by atoms with van der Waals surface area (Å²) in [5.74, 6) is -1.51. The molecule has 2 aromatic heterocycles. The van der Waals surface area contributed by atoms with Crippen LogP contribution in [-0.4, -0.2) is 70.9 Å². The molecule has 2 saturated heterocycles. The summed E-state index contributed by atoms with van der Waals surface area (Å²) >= 11 is 0. The largest absolute Gasteiger partial charge is 0.471 e. The quantitative estimate of drug-likeness (QED) is 0.236. The fourth-order valence-corrected chi connectivity index (χ4v) is 5.42. The number of hydrogen-bond acceptors (Lipinski definition) is 9. The first-order chi connectivity index (χ1) is 21.8. The van der Waals surface area contributed by atoms with Crippen LogP contribution in [0.5, 0.6) is 5.88 Å². The maximum atomic E-state index is 15.1. The number of fused-ring (bicyclic) bond motifs is 1. The molecule has 13 heteroatoms. The van der Waals surface area contributed by atoms with Gasteiger partial charge in [-0.3, -0.25) is 4.90 Å². The second-order valence-corrected chi connectivity index (χ2v) is 10.9. The van der Waals surface area contributed by atoms with E-state index in [0.717, 1.165) is 18.6 Å². The van der Waals surface area contributed by atoms with Crippen molar-refractivity contribution in [2.24, 2.45) is 0 Å². The molecule has 6 rings (SSSR count). The van der Waals surface area contributed by atoms with Gasteiger partial charge in [-0.15, -0.1) is 0 Å². The van der Waals surface area contributed by atoms with E-state index in [1.54, 1.807) is 19.1 Å². The number of anilines is 1. The smallest absolute Gasteiger partial charge is 0.338 e. The van der Waals surface area contributed by atoms with Gasteiger partial charge in [-0.1, -0.05) is 6.07 Å². The lowest BCUT2D eigenvalue weighted by molar-refractivity contribution is -0.0592. The summed E-state index contributed by atoms with van der Waals surface area (Å²) in [6.45, 7) is 5.68. The first-order valence-electron chi connectivity index (χ1n) is 14.8. The van der Waals surface area contributed by atoms with Crippen LogP contribution in [-0.2, 0) is 29.2 Å². The van der Waals surface area contributed by atoms with Crippen LogP contribution < -0.4 is 9.64 Å². The molecule has 0 N–H and O–H groups in total. The SMILES string of the molecule is CCOC(=O)c1cc(F)c2nc(CN3CCN(c4ccc(F)c(OCc5ccc(C#N)cc5F)n4)CC3)n(C[C@@H]3CCO3)c2c1. The predicted octanol–water partition coefficient (Wildman–Crippen LogP) is 4.59. The van der Waals surface area contributed by atoms with Gasteiger partial charge in [-0.05, 0) is 49.7 Å². The van der Waals surface area contributed by atoms with E-state index in [0.29, 0.717) is 63.0 Å². The third kappa shape index (κ3) is 6.57. The van der Waals surface area contributed by atoms with E-state index in [2.05, 4.69) is 14.9 Å². The number of ether oxygens (including phenoxy) is 3. The van der Waals surface area contributed by atoms with Crippen LogP contribution in [0.15, 0.2) is 42.5 Å². The van der Waals surface area contributed by atoms with Gasteiger partial charge in [0.05, 0.1) is 48.5 Å². The monoisotopic (exact) mass is 620 g/mol. The maximum absolute atomic E-state index is 15.1. The number of nitriles is 1. The number of aromatic nitrogens is 3. The Hall–Kier alpha value is -4.67. The Kier molecular flexibility index (Phi) is 8.86. The number of benzene rings is 2. The highest BCUT2D eigenvalue weighted by atomic mass is 19.1. The number of carbonyl (C=O) groups excluding carboxylic acids is 1. The van der Waals surface area contributed by atoms with Crippen LogP contribution >= 0.6 is 0 Å². The van der Waals surface area contributed by atoms with Gasteiger partial charge in [-0.25, -0.2) is 22.9 Å². The number of esters is 1. The normalized spacial score (nSPS) is 16.8. The van der Waals surface area contributed by atoms with Gasteiger partial charge in [0.25, 0.3) is 5.88 Å². The average Bonchev–Trinajstić information content (AvgIpc) is 3.36. The molecule has 0 amide bonds. The fraction of sp³-hybridized carbons (Fsp3) is 0.375. The zero-order valence-electron chi connectivity index (χ0n) is 24.6. The van der Waals surface area contributed by atoms with Crippen molar-refractivity contribution >= 4 is 22.8 Å². The van der Waals surface area contributed by atoms with E-state index in [9.17, 15) is 13.6 Å². The highest BCUT2D eigenvalue weighted by Gasteiger charge is 2.26. The summed E-state index contributed by atoms with van der Waals surface area (Å²) < 4.78 is 62.1. The lowest BCUT2D eigenvalue weighted by Gasteiger charge is -2.35. The molecule has 234 valence electrons. The first-order valence-corrected chi connectivity index (χ1v) is 14.8. The Bertz CT molecular complexity index is 1760. The van der Waals surface area contributed by atoms with E-state index in [1.807, 2.05) is 15.5 Å². The van der Waals surface area contributed by atoms with Gasteiger partial charge in [0.1, 0.15) is 29.6 Å². The molecule has 2 aromatic carbocycles. The fourth-order valence-electron chi connectivity index (χ4n) is 5.42. The minimum absolute atomic E-state index is 0.0123. The molecule has 4 heterocycles. The van der Waals surface area contributed by atoms with Crippen molar-refractivity contribution in [3.8, 4) is 11.9 Å². The summed E-state index contributed by atoms with van der Waals surface area (Å²) in [6.07, 6.45) is 0.873. The van der Waals surface area contributed by atoms with E-state index >= 15 is 4.39 Å². The first kappa shape index (κ1) is 30.4. The van der Waals surface area contributed by atoms with Gasteiger partial charge in [0.15, 0.2) is 11.6 Å². The minimum Gasteiger partial charge on any atom is -0.471 e. The molecule has 4 aromatic rings. The zero-order chi connectivity index (χ0) is 31.5. The highest BCUT2D eigenvalue weighted by molar-refractivity contribution is 5.94. The lowest BCUT2D eigenvalue weighted by atomic mass is 10.1. The third-order valence-electron chi connectivity index (χ3n) is 7.98. The highest BCUT2D eigenvalue weighted by Crippen LogP contribution is 2.27. The lowest BCUT2D eigenvalue weighted by Crippen LogP contribution is -2.46. The Morgan fingerprint density at radius 3 is 2.53 bits per heavy atom. The van der Waals surface area contributed by atoms with Crippen LogP contribution in [0.3, 0.4) is 0 Å². The molecule has 2 fully saturated rings. The summed E-state index contributed by atoms with van der Waals surface area (Å²) in [5, 5.41) is 8.93. The van der Waals surface area contributed by atoms with Crippen molar-refractivity contribution in [2.45, 2.75) is 39.1 Å². The van der Waals surface area contributed by atoms with Crippen LogP contribution in [0, 0.1) is 28.8 Å². The second kappa shape index (κ2) is 13.1. The van der Waals surface area contributed by atoms with Crippen LogP contribution in [0.4, 0.5) is 19.0 Å². The van der Waals surface area contributed by atoms with Gasteiger partial charge in [-0.2, -0.15) is 10.2 Å². The summed E-state index contributed by atoms with van der Waals surface area (Å²) in [7, 11) is 0. The van der Waals surface area contributed by atoms with Crippen molar-refractivity contribution in [3.05, 3.63) is 82.4 Å². The Balaban J connectivity index is 1.14. The molecule has 0 radical (unpaired) electrons. The Morgan fingerprint density at radius 2 is 1.84 bits per heavy atom. The number of nitrogens with zero attached hydrogens (tertiary/aromatic N) is 6. The zero-order valence-corrected chi connectivity index (χ0v) is 24.6. The van der Waals surface area contributed by atoms with E-state index in [-0.39, 0.29) is 47.4 Å². The molecular weight excluding hydrogens is 589 g/mol. The molecule has 0 saturated carbocycles. The maximum Gasteiger partial charge on any atom is 0.338 e. The van der Waals surface area contributed by atoms with Crippen molar-refractivity contribution in [1.29, 1.82) is 5.26 Å². The van der Waals surface area contributed by atoms with Crippen molar-refractivity contribution in [2.75, 3.05) is 44.3 Å². The number of rotatable bonds is 10. The minimum atomic E-state index is -0.667. The molecule has 0 aliphatic carbocycles. The van der Waals surface area contributed by atoms with Crippen LogP contribution in [0.1, 0.15) is 40.7 Å². The topological polar surface area (TPSA) is 106 Å². The van der Waals surface area contributed by atoms with Crippen LogP contribution in [0.25, 0.3) is 11.0 Å². The summed E-state index contributed by atoms with van der Waals surface area (Å²) in [5.41, 5.74) is 1.21. The Morgan fingerprint density at radius 1 is 1.04 bits per heavy atom. The van der Waals surface area contributed by atoms with Gasteiger partial charge in [0.2, 0.25) is 0 Å².